The zero-order valence-corrected chi connectivity index (χ0v) is 35.5. The van der Waals surface area contributed by atoms with Gasteiger partial charge in [0.25, 0.3) is 11.8 Å². The number of amides is 5. The Morgan fingerprint density at radius 2 is 1.79 bits per heavy atom. The van der Waals surface area contributed by atoms with E-state index >= 15 is 0 Å². The summed E-state index contributed by atoms with van der Waals surface area (Å²) < 4.78 is 0. The second-order valence-electron chi connectivity index (χ2n) is 17.3. The number of piperidine rings is 2. The molecule has 5 aliphatic rings. The maximum Gasteiger partial charge on any atom is 0.270 e. The molecule has 1 saturated carbocycles. The van der Waals surface area contributed by atoms with Gasteiger partial charge in [-0.05, 0) is 98.0 Å². The minimum atomic E-state index is -0.674. The summed E-state index contributed by atoms with van der Waals surface area (Å²) in [5, 5.41) is 9.14. The van der Waals surface area contributed by atoms with Crippen molar-refractivity contribution < 1.29 is 24.0 Å². The Labute approximate surface area is 364 Å². The number of carbonyl (C=O) groups is 5. The van der Waals surface area contributed by atoms with Crippen molar-refractivity contribution in [2.24, 2.45) is 11.7 Å². The standard InChI is InChI=1S/C46H50N10O5S/c1-46(47)13-17-55(18-14-46)39-25-50-41(26-49-39)62-35-4-2-3-33(22-35)52-42(58)32-20-34(21-32)54-15-11-29(12-16-54)30-7-8-37(48-24-30)43(59)51-23-28-5-6-31-27-56(45(61)36(31)19-28)38-9-10-40(57)53-44(38)60/h2-8,11,19,22,24-26,32,34,38H,9-10,12-18,20-21,23,27,47H2,1H3,(H,51,59)(H,52,58)(H,53,57,60). The summed E-state index contributed by atoms with van der Waals surface area (Å²) >= 11 is 1.52. The molecule has 2 aromatic carbocycles. The van der Waals surface area contributed by atoms with E-state index in [9.17, 15) is 24.0 Å². The summed E-state index contributed by atoms with van der Waals surface area (Å²) in [6.07, 6.45) is 12.4. The van der Waals surface area contributed by atoms with Crippen LogP contribution in [0.15, 0.2) is 89.2 Å². The Morgan fingerprint density at radius 1 is 0.952 bits per heavy atom. The normalized spacial score (nSPS) is 22.3. The quantitative estimate of drug-likeness (QED) is 0.154. The van der Waals surface area contributed by atoms with Crippen LogP contribution in [0, 0.1) is 5.92 Å². The van der Waals surface area contributed by atoms with Gasteiger partial charge >= 0.3 is 0 Å². The van der Waals surface area contributed by atoms with Gasteiger partial charge < -0.3 is 26.2 Å². The van der Waals surface area contributed by atoms with Gasteiger partial charge in [-0.15, -0.1) is 0 Å². The number of benzene rings is 2. The second kappa shape index (κ2) is 17.4. The lowest BCUT2D eigenvalue weighted by Gasteiger charge is -2.43. The van der Waals surface area contributed by atoms with Crippen LogP contribution < -0.4 is 26.6 Å². The van der Waals surface area contributed by atoms with Gasteiger partial charge in [-0.25, -0.2) is 9.97 Å². The van der Waals surface area contributed by atoms with Crippen molar-refractivity contribution in [3.05, 3.63) is 107 Å². The first-order valence-electron chi connectivity index (χ1n) is 21.3. The van der Waals surface area contributed by atoms with Crippen LogP contribution in [0.3, 0.4) is 0 Å². The lowest BCUT2D eigenvalue weighted by atomic mass is 9.78. The van der Waals surface area contributed by atoms with Crippen LogP contribution in [0.5, 0.6) is 0 Å². The van der Waals surface area contributed by atoms with Crippen LogP contribution in [0.2, 0.25) is 0 Å². The molecule has 2 saturated heterocycles. The third kappa shape index (κ3) is 9.13. The number of imide groups is 1. The van der Waals surface area contributed by atoms with Crippen molar-refractivity contribution in [3.8, 4) is 0 Å². The van der Waals surface area contributed by atoms with Crippen LogP contribution in [-0.4, -0.2) is 98.1 Å². The highest BCUT2D eigenvalue weighted by Crippen LogP contribution is 2.36. The molecule has 4 aromatic rings. The van der Waals surface area contributed by atoms with Crippen molar-refractivity contribution >= 4 is 58.4 Å². The van der Waals surface area contributed by atoms with E-state index in [1.54, 1.807) is 24.5 Å². The molecule has 320 valence electrons. The first-order chi connectivity index (χ1) is 29.9. The molecule has 1 atom stereocenters. The van der Waals surface area contributed by atoms with Crippen molar-refractivity contribution in [1.29, 1.82) is 0 Å². The van der Waals surface area contributed by atoms with Gasteiger partial charge in [0.05, 0.1) is 12.4 Å². The molecule has 16 heteroatoms. The molecule has 0 spiro atoms. The highest BCUT2D eigenvalue weighted by Gasteiger charge is 2.40. The Balaban J connectivity index is 0.706. The maximum atomic E-state index is 13.2. The van der Waals surface area contributed by atoms with Crippen molar-refractivity contribution in [1.82, 2.24) is 35.4 Å². The lowest BCUT2D eigenvalue weighted by molar-refractivity contribution is -0.137. The summed E-state index contributed by atoms with van der Waals surface area (Å²) in [6.45, 7) is 6.03. The molecule has 0 radical (unpaired) electrons. The third-order valence-electron chi connectivity index (χ3n) is 12.8. The Kier molecular flexibility index (Phi) is 11.6. The highest BCUT2D eigenvalue weighted by atomic mass is 32.2. The fraction of sp³-hybridized carbons (Fsp3) is 0.391. The van der Waals surface area contributed by atoms with Crippen molar-refractivity contribution in [3.63, 3.8) is 0 Å². The average Bonchev–Trinajstić information content (AvgIpc) is 3.57. The van der Waals surface area contributed by atoms with E-state index in [-0.39, 0.29) is 48.1 Å². The lowest BCUT2D eigenvalue weighted by Crippen LogP contribution is -2.52. The monoisotopic (exact) mass is 854 g/mol. The minimum Gasteiger partial charge on any atom is -0.355 e. The van der Waals surface area contributed by atoms with Crippen LogP contribution in [0.4, 0.5) is 11.5 Å². The molecule has 15 nitrogen and oxygen atoms in total. The molecule has 5 amide bonds. The van der Waals surface area contributed by atoms with Crippen LogP contribution >= 0.6 is 11.8 Å². The number of nitrogens with zero attached hydrogens (tertiary/aromatic N) is 6. The smallest absolute Gasteiger partial charge is 0.270 e. The van der Waals surface area contributed by atoms with E-state index in [0.29, 0.717) is 30.3 Å². The summed E-state index contributed by atoms with van der Waals surface area (Å²) in [6, 6.07) is 16.6. The molecule has 0 bridgehead atoms. The topological polar surface area (TPSA) is 196 Å². The molecule has 2 aromatic heterocycles. The van der Waals surface area contributed by atoms with E-state index in [2.05, 4.69) is 53.7 Å². The van der Waals surface area contributed by atoms with Gasteiger partial charge in [-0.2, -0.15) is 0 Å². The predicted molar refractivity (Wildman–Crippen MR) is 234 cm³/mol. The number of fused-ring (bicyclic) bond motifs is 1. The molecule has 5 N–H and O–H groups in total. The highest BCUT2D eigenvalue weighted by molar-refractivity contribution is 7.99. The Hall–Kier alpha value is -5.97. The summed E-state index contributed by atoms with van der Waals surface area (Å²) in [4.78, 5) is 84.3. The number of nitrogens with one attached hydrogen (secondary N) is 3. The van der Waals surface area contributed by atoms with Gasteiger partial charge in [0.2, 0.25) is 17.7 Å². The third-order valence-corrected chi connectivity index (χ3v) is 13.7. The van der Waals surface area contributed by atoms with Gasteiger partial charge in [0, 0.05) is 85.5 Å². The molecule has 9 rings (SSSR count). The van der Waals surface area contributed by atoms with Crippen LogP contribution in [0.1, 0.15) is 89.4 Å². The molecular weight excluding hydrogens is 805 g/mol. The zero-order chi connectivity index (χ0) is 43.0. The van der Waals surface area contributed by atoms with Crippen LogP contribution in [-0.2, 0) is 27.5 Å². The summed E-state index contributed by atoms with van der Waals surface area (Å²) in [5.74, 6) is -0.458. The predicted octanol–water partition coefficient (Wildman–Crippen LogP) is 4.54. The van der Waals surface area contributed by atoms with E-state index < -0.39 is 11.9 Å². The number of rotatable bonds is 11. The molecular formula is C46H50N10O5S. The average molecular weight is 855 g/mol. The summed E-state index contributed by atoms with van der Waals surface area (Å²) in [7, 11) is 0. The number of hydrogen-bond donors (Lipinski definition) is 4. The van der Waals surface area contributed by atoms with Gasteiger partial charge in [0.15, 0.2) is 0 Å². The van der Waals surface area contributed by atoms with E-state index in [0.717, 1.165) is 96.4 Å². The molecule has 1 aliphatic carbocycles. The number of pyridine rings is 1. The largest absolute Gasteiger partial charge is 0.355 e. The molecule has 1 unspecified atom stereocenters. The van der Waals surface area contributed by atoms with Crippen LogP contribution in [0.25, 0.3) is 5.57 Å². The van der Waals surface area contributed by atoms with E-state index in [1.807, 2.05) is 48.7 Å². The maximum absolute atomic E-state index is 13.2. The number of anilines is 2. The first-order valence-corrected chi connectivity index (χ1v) is 22.2. The molecule has 6 heterocycles. The Morgan fingerprint density at radius 3 is 2.52 bits per heavy atom. The van der Waals surface area contributed by atoms with Crippen molar-refractivity contribution in [2.45, 2.75) is 92.5 Å². The van der Waals surface area contributed by atoms with E-state index in [4.69, 9.17) is 5.73 Å². The SMILES string of the molecule is CC1(N)CCN(c2cnc(Sc3cccc(NC(=O)C4CC(N5CC=C(c6ccc(C(=O)NCc7ccc8c(c7)C(=O)N(C7CCC(=O)NC7=O)C8)nc6)CC5)C4)c3)cn2)CC1. The fourth-order valence-corrected chi connectivity index (χ4v) is 9.64. The number of aromatic nitrogens is 3. The number of nitrogens with two attached hydrogens (primary N) is 1. The Bertz CT molecular complexity index is 2430. The second-order valence-corrected chi connectivity index (χ2v) is 18.4. The molecule has 62 heavy (non-hydrogen) atoms. The van der Waals surface area contributed by atoms with Gasteiger partial charge in [-0.1, -0.05) is 42.1 Å². The minimum absolute atomic E-state index is 0.0320. The molecule has 3 fully saturated rings. The summed E-state index contributed by atoms with van der Waals surface area (Å²) in [5.41, 5.74) is 11.5. The number of hydrogen-bond acceptors (Lipinski definition) is 12. The molecule has 4 aliphatic heterocycles. The number of carbonyl (C=O) groups excluding carboxylic acids is 5. The fourth-order valence-electron chi connectivity index (χ4n) is 8.86. The first kappa shape index (κ1) is 41.4. The van der Waals surface area contributed by atoms with Crippen molar-refractivity contribution in [2.75, 3.05) is 36.4 Å². The van der Waals surface area contributed by atoms with E-state index in [1.165, 1.54) is 22.2 Å². The van der Waals surface area contributed by atoms with Gasteiger partial charge in [-0.3, -0.25) is 39.2 Å². The zero-order valence-electron chi connectivity index (χ0n) is 34.6. The van der Waals surface area contributed by atoms with Gasteiger partial charge in [0.1, 0.15) is 22.6 Å².